The topological polar surface area (TPSA) is 88.3 Å². The number of aromatic carboxylic acids is 1. The first-order chi connectivity index (χ1) is 12.5. The molecule has 0 aliphatic rings. The number of thioether (sulfide) groups is 1. The van der Waals surface area contributed by atoms with Crippen molar-refractivity contribution < 1.29 is 19.1 Å². The maximum atomic E-state index is 10.9. The van der Waals surface area contributed by atoms with Gasteiger partial charge in [0.25, 0.3) is 11.1 Å². The van der Waals surface area contributed by atoms with E-state index in [4.69, 9.17) is 20.8 Å². The molecule has 8 heteroatoms. The van der Waals surface area contributed by atoms with Gasteiger partial charge in [-0.1, -0.05) is 41.6 Å². The van der Waals surface area contributed by atoms with Crippen molar-refractivity contribution in [3.05, 3.63) is 70.1 Å². The predicted octanol–water partition coefficient (Wildman–Crippen LogP) is 3.27. The molecule has 0 unspecified atom stereocenters. The second-order valence-corrected chi connectivity index (χ2v) is 6.80. The van der Waals surface area contributed by atoms with E-state index in [0.29, 0.717) is 27.6 Å². The number of carbonyl (C=O) groups excluding carboxylic acids is 1. The van der Waals surface area contributed by atoms with Gasteiger partial charge in [-0.2, -0.15) is 0 Å². The van der Waals surface area contributed by atoms with Crippen LogP contribution in [0.25, 0.3) is 0 Å². The molecule has 0 saturated heterocycles. The summed E-state index contributed by atoms with van der Waals surface area (Å²) in [5, 5.41) is 19.8. The Balaban J connectivity index is 1.56. The molecule has 134 valence electrons. The smallest absolute Gasteiger partial charge is 0.277 e. The Morgan fingerprint density at radius 1 is 1.27 bits per heavy atom. The predicted molar refractivity (Wildman–Crippen MR) is 95.2 cm³/mol. The minimum Gasteiger partial charge on any atom is -0.545 e. The molecule has 3 aromatic rings. The lowest BCUT2D eigenvalue weighted by molar-refractivity contribution is -0.255. The van der Waals surface area contributed by atoms with Crippen LogP contribution in [0.1, 0.15) is 27.4 Å². The van der Waals surface area contributed by atoms with Crippen molar-refractivity contribution in [1.82, 2.24) is 10.2 Å². The summed E-state index contributed by atoms with van der Waals surface area (Å²) in [6.07, 6.45) is 0. The van der Waals surface area contributed by atoms with Gasteiger partial charge in [0.15, 0.2) is 6.61 Å². The van der Waals surface area contributed by atoms with Crippen LogP contribution in [0.15, 0.2) is 52.1 Å². The minimum atomic E-state index is -1.20. The van der Waals surface area contributed by atoms with Crippen LogP contribution in [-0.4, -0.2) is 16.2 Å². The monoisotopic (exact) mass is 389 g/mol. The number of halogens is 1. The van der Waals surface area contributed by atoms with Crippen LogP contribution in [0.4, 0.5) is 0 Å². The van der Waals surface area contributed by atoms with Crippen molar-refractivity contribution in [2.45, 2.75) is 24.5 Å². The molecule has 1 heterocycles. The maximum Gasteiger partial charge on any atom is 0.277 e. The fourth-order valence-electron chi connectivity index (χ4n) is 2.20. The van der Waals surface area contributed by atoms with Crippen molar-refractivity contribution in [3.63, 3.8) is 0 Å². The number of ether oxygens (including phenoxy) is 1. The van der Waals surface area contributed by atoms with E-state index in [1.807, 2.05) is 19.1 Å². The molecule has 2 aromatic carbocycles. The van der Waals surface area contributed by atoms with E-state index in [0.717, 1.165) is 11.1 Å². The van der Waals surface area contributed by atoms with Crippen LogP contribution in [0, 0.1) is 6.92 Å². The average molecular weight is 390 g/mol. The summed E-state index contributed by atoms with van der Waals surface area (Å²) in [4.78, 5) is 10.9. The van der Waals surface area contributed by atoms with Gasteiger partial charge >= 0.3 is 0 Å². The van der Waals surface area contributed by atoms with E-state index in [9.17, 15) is 9.90 Å². The molecule has 0 N–H and O–H groups in total. The third-order valence-electron chi connectivity index (χ3n) is 3.46. The van der Waals surface area contributed by atoms with Gasteiger partial charge in [-0.15, -0.1) is 10.2 Å². The van der Waals surface area contributed by atoms with Crippen LogP contribution >= 0.6 is 23.4 Å². The van der Waals surface area contributed by atoms with E-state index >= 15 is 0 Å². The van der Waals surface area contributed by atoms with Crippen molar-refractivity contribution in [3.8, 4) is 5.75 Å². The summed E-state index contributed by atoms with van der Waals surface area (Å²) in [5.41, 5.74) is 1.88. The number of carbonyl (C=O) groups is 1. The molecule has 3 rings (SSSR count). The Morgan fingerprint density at radius 2 is 2.12 bits per heavy atom. The molecule has 1 aromatic heterocycles. The number of benzene rings is 2. The first-order valence-corrected chi connectivity index (χ1v) is 9.02. The summed E-state index contributed by atoms with van der Waals surface area (Å²) in [5.74, 6) is 0.345. The SMILES string of the molecule is Cc1cc(Cl)ccc1OCc1nnc(SCc2cccc(C(=O)[O-])c2)o1. The summed E-state index contributed by atoms with van der Waals surface area (Å²) in [6.45, 7) is 2.05. The normalized spacial score (nSPS) is 10.7. The molecule has 0 spiro atoms. The Kier molecular flexibility index (Phi) is 5.80. The molecule has 0 aliphatic carbocycles. The van der Waals surface area contributed by atoms with Gasteiger partial charge in [0, 0.05) is 10.8 Å². The molecule has 26 heavy (non-hydrogen) atoms. The van der Waals surface area contributed by atoms with E-state index in [2.05, 4.69) is 10.2 Å². The molecule has 0 amide bonds. The number of rotatable bonds is 7. The number of hydrogen-bond acceptors (Lipinski definition) is 7. The summed E-state index contributed by atoms with van der Waals surface area (Å²) in [6, 6.07) is 11.9. The fraction of sp³-hybridized carbons (Fsp3) is 0.167. The van der Waals surface area contributed by atoms with Gasteiger partial charge in [-0.05, 0) is 47.9 Å². The Bertz CT molecular complexity index is 929. The molecule has 0 atom stereocenters. The van der Waals surface area contributed by atoms with Gasteiger partial charge in [-0.3, -0.25) is 0 Å². The lowest BCUT2D eigenvalue weighted by atomic mass is 10.1. The van der Waals surface area contributed by atoms with Gasteiger partial charge in [0.1, 0.15) is 5.75 Å². The quantitative estimate of drug-likeness (QED) is 0.573. The first kappa shape index (κ1) is 18.3. The van der Waals surface area contributed by atoms with Gasteiger partial charge in [-0.25, -0.2) is 0 Å². The summed E-state index contributed by atoms with van der Waals surface area (Å²) in [7, 11) is 0. The number of nitrogens with zero attached hydrogens (tertiary/aromatic N) is 2. The molecule has 6 nitrogen and oxygen atoms in total. The average Bonchev–Trinajstić information content (AvgIpc) is 3.07. The molecular formula is C18H14ClN2O4S-. The van der Waals surface area contributed by atoms with Crippen molar-refractivity contribution in [2.24, 2.45) is 0 Å². The highest BCUT2D eigenvalue weighted by molar-refractivity contribution is 7.98. The molecule has 0 saturated carbocycles. The number of hydrogen-bond donors (Lipinski definition) is 0. The minimum absolute atomic E-state index is 0.140. The molecular weight excluding hydrogens is 376 g/mol. The Hall–Kier alpha value is -2.51. The van der Waals surface area contributed by atoms with E-state index in [-0.39, 0.29) is 12.2 Å². The highest BCUT2D eigenvalue weighted by atomic mass is 35.5. The van der Waals surface area contributed by atoms with Crippen molar-refractivity contribution >= 4 is 29.3 Å². The Morgan fingerprint density at radius 3 is 2.88 bits per heavy atom. The van der Waals surface area contributed by atoms with E-state index in [1.165, 1.54) is 17.8 Å². The van der Waals surface area contributed by atoms with Gasteiger partial charge < -0.3 is 19.1 Å². The zero-order valence-electron chi connectivity index (χ0n) is 13.8. The van der Waals surface area contributed by atoms with Gasteiger partial charge in [0.05, 0.1) is 5.97 Å². The first-order valence-electron chi connectivity index (χ1n) is 7.65. The standard InChI is InChI=1S/C18H15ClN2O4S/c1-11-7-14(19)5-6-15(11)24-9-16-20-21-18(25-16)26-10-12-3-2-4-13(8-12)17(22)23/h2-8H,9-10H2,1H3,(H,22,23)/p-1. The molecule has 0 fully saturated rings. The van der Waals surface area contributed by atoms with Crippen molar-refractivity contribution in [1.29, 1.82) is 0 Å². The highest BCUT2D eigenvalue weighted by Crippen LogP contribution is 2.24. The summed E-state index contributed by atoms with van der Waals surface area (Å²) < 4.78 is 11.2. The van der Waals surface area contributed by atoms with Crippen LogP contribution in [0.3, 0.4) is 0 Å². The lowest BCUT2D eigenvalue weighted by Crippen LogP contribution is -2.22. The van der Waals surface area contributed by atoms with Crippen LogP contribution in [-0.2, 0) is 12.4 Å². The van der Waals surface area contributed by atoms with Crippen LogP contribution in [0.5, 0.6) is 5.75 Å². The largest absolute Gasteiger partial charge is 0.545 e. The third kappa shape index (κ3) is 4.77. The highest BCUT2D eigenvalue weighted by Gasteiger charge is 2.09. The Labute approximate surface area is 159 Å². The van der Waals surface area contributed by atoms with E-state index < -0.39 is 5.97 Å². The number of aromatic nitrogens is 2. The van der Waals surface area contributed by atoms with Crippen LogP contribution < -0.4 is 9.84 Å². The molecule has 0 radical (unpaired) electrons. The summed E-state index contributed by atoms with van der Waals surface area (Å²) >= 11 is 7.23. The zero-order chi connectivity index (χ0) is 18.5. The second-order valence-electron chi connectivity index (χ2n) is 5.44. The lowest BCUT2D eigenvalue weighted by Gasteiger charge is -2.06. The number of aryl methyl sites for hydroxylation is 1. The number of carboxylic acid groups (broad SMARTS) is 1. The van der Waals surface area contributed by atoms with E-state index in [1.54, 1.807) is 24.3 Å². The third-order valence-corrected chi connectivity index (χ3v) is 4.59. The molecule has 0 aliphatic heterocycles. The fourth-order valence-corrected chi connectivity index (χ4v) is 3.15. The van der Waals surface area contributed by atoms with Gasteiger partial charge in [0.2, 0.25) is 0 Å². The molecule has 0 bridgehead atoms. The van der Waals surface area contributed by atoms with Crippen LogP contribution in [0.2, 0.25) is 5.02 Å². The van der Waals surface area contributed by atoms with Crippen molar-refractivity contribution in [2.75, 3.05) is 0 Å². The second kappa shape index (κ2) is 8.25. The number of carboxylic acids is 1. The zero-order valence-corrected chi connectivity index (χ0v) is 15.3. The maximum absolute atomic E-state index is 10.9.